The second-order valence-electron chi connectivity index (χ2n) is 18.3. The summed E-state index contributed by atoms with van der Waals surface area (Å²) < 4.78 is 28.2. The largest absolute Gasteiger partial charge is 0.494 e. The third kappa shape index (κ3) is 37.1. The zero-order valence-electron chi connectivity index (χ0n) is 43.5. The topological polar surface area (TPSA) is 274 Å². The predicted octanol–water partition coefficient (Wildman–Crippen LogP) is 7.27. The van der Waals surface area contributed by atoms with Crippen molar-refractivity contribution in [1.82, 2.24) is 21.3 Å². The SMILES string of the molecule is CCCCCCCCCCCCCCC(C)(N[C@@H](CC[C]=O)C(=O)O)OCCOCCNC(=O)COCCOCCNC(=O)CC[C@H](NC(=O)CCCCCCCCCOc1ccc(C(=O)O)cc1)C(=O)O. The zero-order chi connectivity index (χ0) is 52.9. The number of benzene rings is 1. The maximum Gasteiger partial charge on any atom is 0.335 e. The quantitative estimate of drug-likeness (QED) is 0.0250. The van der Waals surface area contributed by atoms with E-state index in [4.69, 9.17) is 28.8 Å². The number of amides is 3. The van der Waals surface area contributed by atoms with E-state index in [0.717, 1.165) is 57.8 Å². The van der Waals surface area contributed by atoms with Gasteiger partial charge in [0.15, 0.2) is 6.29 Å². The second kappa shape index (κ2) is 43.9. The van der Waals surface area contributed by atoms with Gasteiger partial charge < -0.3 is 55.0 Å². The summed E-state index contributed by atoms with van der Waals surface area (Å²) in [5, 5.41) is 39.2. The van der Waals surface area contributed by atoms with E-state index in [-0.39, 0.29) is 115 Å². The van der Waals surface area contributed by atoms with Gasteiger partial charge in [0.25, 0.3) is 0 Å². The Kier molecular flexibility index (Phi) is 39.8. The van der Waals surface area contributed by atoms with E-state index >= 15 is 0 Å². The Labute approximate surface area is 428 Å². The van der Waals surface area contributed by atoms with E-state index in [9.17, 15) is 43.8 Å². The molecular formula is C53H89N4O15. The average Bonchev–Trinajstić information content (AvgIpc) is 3.35. The number of hydrogen-bond donors (Lipinski definition) is 7. The number of hydrogen-bond acceptors (Lipinski definition) is 13. The summed E-state index contributed by atoms with van der Waals surface area (Å²) in [5.74, 6) is -3.69. The van der Waals surface area contributed by atoms with Crippen molar-refractivity contribution < 1.29 is 72.6 Å². The van der Waals surface area contributed by atoms with Crippen LogP contribution in [0.2, 0.25) is 0 Å². The monoisotopic (exact) mass is 1020 g/mol. The molecule has 0 saturated carbocycles. The van der Waals surface area contributed by atoms with Crippen LogP contribution in [-0.4, -0.2) is 141 Å². The Balaban J connectivity index is 2.11. The van der Waals surface area contributed by atoms with E-state index in [0.29, 0.717) is 25.2 Å². The van der Waals surface area contributed by atoms with Crippen molar-refractivity contribution in [1.29, 1.82) is 0 Å². The highest BCUT2D eigenvalue weighted by Gasteiger charge is 2.31. The molecule has 1 rings (SSSR count). The molecule has 411 valence electrons. The van der Waals surface area contributed by atoms with Crippen LogP contribution in [0.4, 0.5) is 0 Å². The van der Waals surface area contributed by atoms with Gasteiger partial charge in [-0.05, 0) is 69.7 Å². The van der Waals surface area contributed by atoms with Crippen LogP contribution in [0, 0.1) is 0 Å². The van der Waals surface area contributed by atoms with Gasteiger partial charge in [0.05, 0.1) is 51.8 Å². The molecule has 0 aliphatic heterocycles. The summed E-state index contributed by atoms with van der Waals surface area (Å²) in [6, 6.07) is 4.17. The summed E-state index contributed by atoms with van der Waals surface area (Å²) in [7, 11) is 0. The molecule has 1 aromatic rings. The van der Waals surface area contributed by atoms with Crippen LogP contribution in [0.25, 0.3) is 0 Å². The molecule has 0 fully saturated rings. The maximum absolute atomic E-state index is 12.4. The number of carbonyl (C=O) groups is 6. The van der Waals surface area contributed by atoms with Crippen molar-refractivity contribution >= 4 is 41.9 Å². The van der Waals surface area contributed by atoms with Gasteiger partial charge in [0, 0.05) is 32.4 Å². The molecule has 3 atom stereocenters. The van der Waals surface area contributed by atoms with Gasteiger partial charge in [-0.3, -0.25) is 29.3 Å². The lowest BCUT2D eigenvalue weighted by Crippen LogP contribution is -2.53. The summed E-state index contributed by atoms with van der Waals surface area (Å²) in [5.41, 5.74) is -0.718. The number of rotatable bonds is 51. The summed E-state index contributed by atoms with van der Waals surface area (Å²) in [4.78, 5) is 82.2. The minimum atomic E-state index is -1.21. The third-order valence-corrected chi connectivity index (χ3v) is 11.9. The molecule has 19 heteroatoms. The van der Waals surface area contributed by atoms with E-state index in [2.05, 4.69) is 28.2 Å². The first kappa shape index (κ1) is 65.3. The fourth-order valence-corrected chi connectivity index (χ4v) is 7.75. The molecule has 0 spiro atoms. The Bertz CT molecular complexity index is 1620. The Morgan fingerprint density at radius 3 is 1.67 bits per heavy atom. The molecule has 3 amide bonds. The minimum Gasteiger partial charge on any atom is -0.494 e. The first-order valence-corrected chi connectivity index (χ1v) is 26.5. The van der Waals surface area contributed by atoms with Crippen molar-refractivity contribution in [2.24, 2.45) is 0 Å². The van der Waals surface area contributed by atoms with Crippen LogP contribution in [-0.2, 0) is 47.7 Å². The second-order valence-corrected chi connectivity index (χ2v) is 18.3. The van der Waals surface area contributed by atoms with Crippen LogP contribution >= 0.6 is 0 Å². The molecular weight excluding hydrogens is 933 g/mol. The van der Waals surface area contributed by atoms with Gasteiger partial charge in [-0.15, -0.1) is 0 Å². The molecule has 0 bridgehead atoms. The van der Waals surface area contributed by atoms with Crippen molar-refractivity contribution in [2.45, 2.75) is 192 Å². The number of carbonyl (C=O) groups excluding carboxylic acids is 4. The lowest BCUT2D eigenvalue weighted by Gasteiger charge is -2.34. The molecule has 0 aliphatic rings. The van der Waals surface area contributed by atoms with E-state index in [1.54, 1.807) is 18.4 Å². The predicted molar refractivity (Wildman–Crippen MR) is 273 cm³/mol. The molecule has 1 unspecified atom stereocenters. The Morgan fingerprint density at radius 1 is 0.569 bits per heavy atom. The molecule has 0 saturated heterocycles. The van der Waals surface area contributed by atoms with Crippen molar-refractivity contribution in [3.05, 3.63) is 29.8 Å². The van der Waals surface area contributed by atoms with Gasteiger partial charge in [-0.2, -0.15) is 0 Å². The Morgan fingerprint density at radius 2 is 1.10 bits per heavy atom. The lowest BCUT2D eigenvalue weighted by molar-refractivity contribution is -0.145. The molecule has 1 radical (unpaired) electrons. The van der Waals surface area contributed by atoms with E-state index < -0.39 is 35.7 Å². The summed E-state index contributed by atoms with van der Waals surface area (Å²) in [6.45, 7) is 6.00. The van der Waals surface area contributed by atoms with Gasteiger partial charge in [-0.1, -0.05) is 110 Å². The summed E-state index contributed by atoms with van der Waals surface area (Å²) in [6.07, 6.45) is 23.3. The van der Waals surface area contributed by atoms with Gasteiger partial charge in [0.2, 0.25) is 17.7 Å². The normalized spacial score (nSPS) is 12.9. The number of ether oxygens (including phenoxy) is 5. The first-order chi connectivity index (χ1) is 34.8. The number of aromatic carboxylic acids is 1. The fourth-order valence-electron chi connectivity index (χ4n) is 7.75. The molecule has 1 aromatic carbocycles. The van der Waals surface area contributed by atoms with Crippen LogP contribution in [0.3, 0.4) is 0 Å². The number of aliphatic carboxylic acids is 2. The van der Waals surface area contributed by atoms with Crippen LogP contribution in [0.1, 0.15) is 185 Å². The number of unbranched alkanes of at least 4 members (excludes halogenated alkanes) is 17. The lowest BCUT2D eigenvalue weighted by atomic mass is 10.0. The number of nitrogens with one attached hydrogen (secondary N) is 4. The molecule has 0 heterocycles. The van der Waals surface area contributed by atoms with Crippen molar-refractivity contribution in [3.63, 3.8) is 0 Å². The highest BCUT2D eigenvalue weighted by molar-refractivity contribution is 5.87. The molecule has 7 N–H and O–H groups in total. The van der Waals surface area contributed by atoms with E-state index in [1.807, 2.05) is 6.92 Å². The Hall–Kier alpha value is -4.69. The highest BCUT2D eigenvalue weighted by atomic mass is 16.5. The standard InChI is InChI=1S/C53H89N4O15/c1-3-4-5-6-7-8-9-10-11-14-17-20-31-53(2,57-46(52(66)67)23-22-34-58)72-41-40-69-37-33-55-49(61)42-70-39-38-68-36-32-54-47(59)30-29-45(51(64)65)56-48(60)24-19-16-13-12-15-18-21-35-71-44-27-25-43(26-28-44)50(62)63/h25-28,45-46,57H,3-24,29-33,35-42H2,1-2H3,(H,54,59)(H,55,61)(H,56,60)(H,62,63)(H,64,65)(H,66,67)/t45-,46-,53?/m0/s1. The highest BCUT2D eigenvalue weighted by Crippen LogP contribution is 2.21. The fraction of sp³-hybridized carbons (Fsp3) is 0.755. The van der Waals surface area contributed by atoms with Crippen molar-refractivity contribution in [3.8, 4) is 5.75 Å². The van der Waals surface area contributed by atoms with Crippen LogP contribution in [0.15, 0.2) is 24.3 Å². The smallest absolute Gasteiger partial charge is 0.335 e. The van der Waals surface area contributed by atoms with Gasteiger partial charge >= 0.3 is 17.9 Å². The first-order valence-electron chi connectivity index (χ1n) is 26.5. The van der Waals surface area contributed by atoms with Gasteiger partial charge in [0.1, 0.15) is 30.2 Å². The van der Waals surface area contributed by atoms with Crippen LogP contribution in [0.5, 0.6) is 5.75 Å². The maximum atomic E-state index is 12.4. The van der Waals surface area contributed by atoms with Crippen LogP contribution < -0.4 is 26.0 Å². The summed E-state index contributed by atoms with van der Waals surface area (Å²) >= 11 is 0. The van der Waals surface area contributed by atoms with E-state index in [1.165, 1.54) is 69.9 Å². The third-order valence-electron chi connectivity index (χ3n) is 11.9. The molecule has 72 heavy (non-hydrogen) atoms. The zero-order valence-corrected chi connectivity index (χ0v) is 43.5. The number of carboxylic acids is 3. The molecule has 0 aromatic heterocycles. The van der Waals surface area contributed by atoms with Gasteiger partial charge in [-0.25, -0.2) is 9.59 Å². The average molecular weight is 1020 g/mol. The molecule has 0 aliphatic carbocycles. The number of carboxylic acid groups (broad SMARTS) is 3. The van der Waals surface area contributed by atoms with Crippen molar-refractivity contribution in [2.75, 3.05) is 65.9 Å². The minimum absolute atomic E-state index is 0.00403. The molecule has 19 nitrogen and oxygen atoms in total.